The molecule has 0 spiro atoms. The van der Waals surface area contributed by atoms with Crippen molar-refractivity contribution in [2.75, 3.05) is 0 Å². The first kappa shape index (κ1) is 11.1. The Balaban J connectivity index is 3.18. The lowest BCUT2D eigenvalue weighted by atomic mass is 10.1. The molecule has 5 heteroatoms. The van der Waals surface area contributed by atoms with Crippen LogP contribution in [-0.2, 0) is 0 Å². The SMILES string of the molecule is CC(NN)c1ccc(Cl)c(Cl)c1Cl. The zero-order valence-electron chi connectivity index (χ0n) is 6.94. The van der Waals surface area contributed by atoms with Gasteiger partial charge in [0.05, 0.1) is 15.1 Å². The number of nitrogens with one attached hydrogen (secondary N) is 1. The summed E-state index contributed by atoms with van der Waals surface area (Å²) in [4.78, 5) is 0. The number of hydrazine groups is 1. The van der Waals surface area contributed by atoms with Gasteiger partial charge in [-0.1, -0.05) is 40.9 Å². The summed E-state index contributed by atoms with van der Waals surface area (Å²) < 4.78 is 0. The minimum Gasteiger partial charge on any atom is -0.271 e. The lowest BCUT2D eigenvalue weighted by Crippen LogP contribution is -2.25. The first-order chi connectivity index (χ1) is 6.07. The third-order valence-corrected chi connectivity index (χ3v) is 3.09. The number of halogens is 3. The molecule has 0 amide bonds. The predicted octanol–water partition coefficient (Wildman–Crippen LogP) is 3.17. The Kier molecular flexibility index (Phi) is 3.83. The number of nitrogens with two attached hydrogens (primary N) is 1. The highest BCUT2D eigenvalue weighted by Gasteiger charge is 2.12. The van der Waals surface area contributed by atoms with Gasteiger partial charge in [-0.3, -0.25) is 11.3 Å². The highest BCUT2D eigenvalue weighted by atomic mass is 35.5. The molecule has 0 fully saturated rings. The van der Waals surface area contributed by atoms with Crippen LogP contribution in [0.1, 0.15) is 18.5 Å². The zero-order valence-corrected chi connectivity index (χ0v) is 9.21. The van der Waals surface area contributed by atoms with Crippen molar-refractivity contribution in [1.29, 1.82) is 0 Å². The Bertz CT molecular complexity index is 315. The van der Waals surface area contributed by atoms with Crippen LogP contribution >= 0.6 is 34.8 Å². The average Bonchev–Trinajstić information content (AvgIpc) is 2.13. The van der Waals surface area contributed by atoms with Crippen LogP contribution in [0.5, 0.6) is 0 Å². The molecule has 0 aromatic heterocycles. The molecule has 72 valence electrons. The van der Waals surface area contributed by atoms with E-state index in [1.807, 2.05) is 6.92 Å². The van der Waals surface area contributed by atoms with Crippen LogP contribution in [0.2, 0.25) is 15.1 Å². The molecular formula is C8H9Cl3N2. The molecule has 1 atom stereocenters. The second kappa shape index (κ2) is 4.49. The molecule has 0 saturated heterocycles. The van der Waals surface area contributed by atoms with Crippen molar-refractivity contribution in [3.05, 3.63) is 32.8 Å². The molecule has 0 aliphatic rings. The number of hydrogen-bond donors (Lipinski definition) is 2. The summed E-state index contributed by atoms with van der Waals surface area (Å²) in [6.07, 6.45) is 0. The maximum absolute atomic E-state index is 5.96. The Morgan fingerprint density at radius 1 is 1.23 bits per heavy atom. The van der Waals surface area contributed by atoms with E-state index in [0.717, 1.165) is 5.56 Å². The van der Waals surface area contributed by atoms with Crippen molar-refractivity contribution in [3.63, 3.8) is 0 Å². The molecule has 0 saturated carbocycles. The van der Waals surface area contributed by atoms with E-state index >= 15 is 0 Å². The Labute approximate surface area is 91.9 Å². The van der Waals surface area contributed by atoms with Crippen molar-refractivity contribution in [2.45, 2.75) is 13.0 Å². The Morgan fingerprint density at radius 2 is 1.85 bits per heavy atom. The van der Waals surface area contributed by atoms with Crippen molar-refractivity contribution in [1.82, 2.24) is 5.43 Å². The lowest BCUT2D eigenvalue weighted by Gasteiger charge is -2.13. The van der Waals surface area contributed by atoms with E-state index in [1.165, 1.54) is 0 Å². The standard InChI is InChI=1S/C8H9Cl3N2/c1-4(13-12)5-2-3-6(9)8(11)7(5)10/h2-4,13H,12H2,1H3. The fourth-order valence-corrected chi connectivity index (χ4v) is 1.67. The van der Waals surface area contributed by atoms with E-state index in [0.29, 0.717) is 15.1 Å². The minimum absolute atomic E-state index is 0.0535. The fourth-order valence-electron chi connectivity index (χ4n) is 0.965. The summed E-state index contributed by atoms with van der Waals surface area (Å²) in [6.45, 7) is 1.88. The molecule has 0 radical (unpaired) electrons. The van der Waals surface area contributed by atoms with Crippen LogP contribution in [0.4, 0.5) is 0 Å². The molecule has 2 nitrogen and oxygen atoms in total. The van der Waals surface area contributed by atoms with Crippen molar-refractivity contribution in [3.8, 4) is 0 Å². The van der Waals surface area contributed by atoms with E-state index in [1.54, 1.807) is 12.1 Å². The minimum atomic E-state index is -0.0535. The van der Waals surface area contributed by atoms with E-state index in [2.05, 4.69) is 5.43 Å². The number of rotatable bonds is 2. The lowest BCUT2D eigenvalue weighted by molar-refractivity contribution is 0.603. The zero-order chi connectivity index (χ0) is 10.0. The molecular weight excluding hydrogens is 230 g/mol. The highest BCUT2D eigenvalue weighted by Crippen LogP contribution is 2.34. The molecule has 0 aliphatic heterocycles. The van der Waals surface area contributed by atoms with Gasteiger partial charge < -0.3 is 0 Å². The molecule has 0 aliphatic carbocycles. The highest BCUT2D eigenvalue weighted by molar-refractivity contribution is 6.48. The molecule has 13 heavy (non-hydrogen) atoms. The van der Waals surface area contributed by atoms with E-state index in [-0.39, 0.29) is 6.04 Å². The number of benzene rings is 1. The number of hydrogen-bond acceptors (Lipinski definition) is 2. The average molecular weight is 240 g/mol. The smallest absolute Gasteiger partial charge is 0.0781 e. The summed E-state index contributed by atoms with van der Waals surface area (Å²) in [5.74, 6) is 5.28. The Morgan fingerprint density at radius 3 is 2.38 bits per heavy atom. The monoisotopic (exact) mass is 238 g/mol. The third kappa shape index (κ3) is 2.27. The topological polar surface area (TPSA) is 38.0 Å². The van der Waals surface area contributed by atoms with Crippen LogP contribution in [0, 0.1) is 0 Å². The van der Waals surface area contributed by atoms with Crippen LogP contribution in [-0.4, -0.2) is 0 Å². The second-order valence-corrected chi connectivity index (χ2v) is 3.82. The summed E-state index contributed by atoms with van der Waals surface area (Å²) in [5.41, 5.74) is 3.41. The Hall–Kier alpha value is 0.01000. The van der Waals surface area contributed by atoms with Gasteiger partial charge in [0, 0.05) is 6.04 Å². The van der Waals surface area contributed by atoms with Gasteiger partial charge in [0.25, 0.3) is 0 Å². The van der Waals surface area contributed by atoms with Gasteiger partial charge in [-0.05, 0) is 18.6 Å². The summed E-state index contributed by atoms with van der Waals surface area (Å²) in [6, 6.07) is 3.43. The van der Waals surface area contributed by atoms with Crippen LogP contribution < -0.4 is 11.3 Å². The van der Waals surface area contributed by atoms with Crippen molar-refractivity contribution < 1.29 is 0 Å². The quantitative estimate of drug-likeness (QED) is 0.473. The third-order valence-electron chi connectivity index (χ3n) is 1.78. The van der Waals surface area contributed by atoms with E-state index in [4.69, 9.17) is 40.6 Å². The molecule has 1 aromatic carbocycles. The van der Waals surface area contributed by atoms with Gasteiger partial charge in [0.15, 0.2) is 0 Å². The largest absolute Gasteiger partial charge is 0.271 e. The molecule has 3 N–H and O–H groups in total. The maximum atomic E-state index is 5.96. The van der Waals surface area contributed by atoms with Gasteiger partial charge in [-0.15, -0.1) is 0 Å². The van der Waals surface area contributed by atoms with Crippen LogP contribution in [0.15, 0.2) is 12.1 Å². The van der Waals surface area contributed by atoms with Gasteiger partial charge in [-0.25, -0.2) is 0 Å². The molecule has 0 heterocycles. The normalized spacial score (nSPS) is 13.0. The fraction of sp³-hybridized carbons (Fsp3) is 0.250. The van der Waals surface area contributed by atoms with Gasteiger partial charge in [-0.2, -0.15) is 0 Å². The summed E-state index contributed by atoms with van der Waals surface area (Å²) in [7, 11) is 0. The second-order valence-electron chi connectivity index (χ2n) is 2.65. The maximum Gasteiger partial charge on any atom is 0.0781 e. The van der Waals surface area contributed by atoms with Crippen molar-refractivity contribution in [2.24, 2.45) is 5.84 Å². The molecule has 1 unspecified atom stereocenters. The molecule has 1 rings (SSSR count). The predicted molar refractivity (Wildman–Crippen MR) is 57.2 cm³/mol. The summed E-state index contributed by atoms with van der Waals surface area (Å²) >= 11 is 17.6. The summed E-state index contributed by atoms with van der Waals surface area (Å²) in [5, 5.41) is 1.25. The van der Waals surface area contributed by atoms with E-state index < -0.39 is 0 Å². The molecule has 0 bridgehead atoms. The van der Waals surface area contributed by atoms with Crippen molar-refractivity contribution >= 4 is 34.8 Å². The van der Waals surface area contributed by atoms with Crippen LogP contribution in [0.3, 0.4) is 0 Å². The first-order valence-electron chi connectivity index (χ1n) is 3.67. The van der Waals surface area contributed by atoms with Gasteiger partial charge in [0.1, 0.15) is 0 Å². The van der Waals surface area contributed by atoms with Gasteiger partial charge in [0.2, 0.25) is 0 Å². The van der Waals surface area contributed by atoms with E-state index in [9.17, 15) is 0 Å². The van der Waals surface area contributed by atoms with Gasteiger partial charge >= 0.3 is 0 Å². The van der Waals surface area contributed by atoms with Crippen LogP contribution in [0.25, 0.3) is 0 Å². The molecule has 1 aromatic rings. The first-order valence-corrected chi connectivity index (χ1v) is 4.80.